The zero-order valence-corrected chi connectivity index (χ0v) is 14.6. The molecule has 0 aliphatic carbocycles. The van der Waals surface area contributed by atoms with E-state index in [-0.39, 0.29) is 6.09 Å². The van der Waals surface area contributed by atoms with Crippen LogP contribution in [0, 0.1) is 0 Å². The highest BCUT2D eigenvalue weighted by Gasteiger charge is 2.21. The molecule has 0 bridgehead atoms. The highest BCUT2D eigenvalue weighted by atomic mass is 79.9. The van der Waals surface area contributed by atoms with Crippen molar-refractivity contribution in [3.05, 3.63) is 39.3 Å². The molecule has 0 saturated carbocycles. The van der Waals surface area contributed by atoms with Crippen molar-refractivity contribution in [2.45, 2.75) is 19.3 Å². The molecule has 1 aliphatic heterocycles. The summed E-state index contributed by atoms with van der Waals surface area (Å²) < 4.78 is 7.42. The minimum absolute atomic E-state index is 0.261. The first-order chi connectivity index (χ1) is 10.2. The summed E-state index contributed by atoms with van der Waals surface area (Å²) >= 11 is 7.04. The minimum atomic E-state index is -0.261. The summed E-state index contributed by atoms with van der Waals surface area (Å²) in [5.74, 6) is 0.587. The summed E-state index contributed by atoms with van der Waals surface area (Å²) in [7, 11) is 0. The Kier molecular flexibility index (Phi) is 4.50. The first-order valence-corrected chi connectivity index (χ1v) is 8.59. The Labute approximate surface area is 140 Å². The summed E-state index contributed by atoms with van der Waals surface area (Å²) in [5.41, 5.74) is 0. The lowest BCUT2D eigenvalue weighted by atomic mass is 10.1. The third-order valence-electron chi connectivity index (χ3n) is 3.70. The minimum Gasteiger partial charge on any atom is -0.408 e. The number of fused-ring (bicyclic) bond motifs is 1. The number of piperidine rings is 1. The van der Waals surface area contributed by atoms with Crippen molar-refractivity contribution in [2.24, 2.45) is 0 Å². The number of carbonyl (C=O) groups is 1. The van der Waals surface area contributed by atoms with Gasteiger partial charge in [-0.1, -0.05) is 40.2 Å². The second-order valence-electron chi connectivity index (χ2n) is 5.13. The average molecular weight is 413 g/mol. The SMILES string of the molecule is O=C(Oc1c(Br)cc(Br)c2ccccc12)N1CCCCC1. The first-order valence-electron chi connectivity index (χ1n) is 7.00. The maximum absolute atomic E-state index is 12.3. The van der Waals surface area contributed by atoms with Crippen LogP contribution < -0.4 is 4.74 Å². The highest BCUT2D eigenvalue weighted by molar-refractivity contribution is 9.11. The molecule has 0 N–H and O–H groups in total. The molecule has 21 heavy (non-hydrogen) atoms. The lowest BCUT2D eigenvalue weighted by Crippen LogP contribution is -2.37. The van der Waals surface area contributed by atoms with Gasteiger partial charge in [0.1, 0.15) is 0 Å². The van der Waals surface area contributed by atoms with E-state index >= 15 is 0 Å². The van der Waals surface area contributed by atoms with E-state index in [4.69, 9.17) is 4.74 Å². The number of hydrogen-bond donors (Lipinski definition) is 0. The normalized spacial score (nSPS) is 15.2. The number of halogens is 2. The van der Waals surface area contributed by atoms with Crippen LogP contribution in [0.4, 0.5) is 4.79 Å². The summed E-state index contributed by atoms with van der Waals surface area (Å²) in [5, 5.41) is 1.95. The second kappa shape index (κ2) is 6.36. The van der Waals surface area contributed by atoms with Crippen LogP contribution in [0.1, 0.15) is 19.3 Å². The quantitative estimate of drug-likeness (QED) is 0.631. The molecule has 2 aromatic carbocycles. The molecule has 0 radical (unpaired) electrons. The zero-order chi connectivity index (χ0) is 14.8. The Bertz CT molecular complexity index is 681. The fourth-order valence-electron chi connectivity index (χ4n) is 2.60. The molecule has 3 rings (SSSR count). The van der Waals surface area contributed by atoms with Gasteiger partial charge < -0.3 is 9.64 Å². The third kappa shape index (κ3) is 3.09. The van der Waals surface area contributed by atoms with Gasteiger partial charge in [-0.2, -0.15) is 0 Å². The number of amides is 1. The van der Waals surface area contributed by atoms with E-state index < -0.39 is 0 Å². The summed E-state index contributed by atoms with van der Waals surface area (Å²) in [6, 6.07) is 9.80. The van der Waals surface area contributed by atoms with Crippen LogP contribution >= 0.6 is 31.9 Å². The van der Waals surface area contributed by atoms with E-state index in [0.29, 0.717) is 5.75 Å². The Balaban J connectivity index is 1.94. The number of ether oxygens (including phenoxy) is 1. The van der Waals surface area contributed by atoms with Gasteiger partial charge in [-0.05, 0) is 46.6 Å². The fourth-order valence-corrected chi connectivity index (χ4v) is 4.01. The smallest absolute Gasteiger partial charge is 0.408 e. The Hall–Kier alpha value is -1.07. The maximum Gasteiger partial charge on any atom is 0.415 e. The predicted molar refractivity (Wildman–Crippen MR) is 90.8 cm³/mol. The van der Waals surface area contributed by atoms with Crippen LogP contribution in [0.5, 0.6) is 5.75 Å². The van der Waals surface area contributed by atoms with Gasteiger partial charge in [0.2, 0.25) is 0 Å². The van der Waals surface area contributed by atoms with Crippen molar-refractivity contribution in [1.29, 1.82) is 0 Å². The Morgan fingerprint density at radius 1 is 1.00 bits per heavy atom. The number of carbonyl (C=O) groups excluding carboxylic acids is 1. The van der Waals surface area contributed by atoms with Gasteiger partial charge in [0.05, 0.1) is 4.47 Å². The molecular weight excluding hydrogens is 398 g/mol. The van der Waals surface area contributed by atoms with Gasteiger partial charge in [0.15, 0.2) is 5.75 Å². The molecule has 1 amide bonds. The van der Waals surface area contributed by atoms with Gasteiger partial charge in [-0.3, -0.25) is 0 Å². The van der Waals surface area contributed by atoms with E-state index in [9.17, 15) is 4.79 Å². The molecule has 1 aliphatic rings. The van der Waals surface area contributed by atoms with Crippen molar-refractivity contribution >= 4 is 48.7 Å². The number of benzene rings is 2. The van der Waals surface area contributed by atoms with Crippen molar-refractivity contribution in [2.75, 3.05) is 13.1 Å². The second-order valence-corrected chi connectivity index (χ2v) is 6.84. The lowest BCUT2D eigenvalue weighted by Gasteiger charge is -2.26. The molecule has 1 fully saturated rings. The Morgan fingerprint density at radius 3 is 2.38 bits per heavy atom. The van der Waals surface area contributed by atoms with Crippen molar-refractivity contribution in [3.8, 4) is 5.75 Å². The molecule has 0 unspecified atom stereocenters. The standard InChI is InChI=1S/C16H15Br2NO2/c17-13-10-14(18)15(12-7-3-2-6-11(12)13)21-16(20)19-8-4-1-5-9-19/h2-3,6-7,10H,1,4-5,8-9H2. The van der Waals surface area contributed by atoms with E-state index in [0.717, 1.165) is 45.6 Å². The molecule has 3 nitrogen and oxygen atoms in total. The summed E-state index contributed by atoms with van der Waals surface area (Å²) in [4.78, 5) is 14.1. The number of likely N-dealkylation sites (tertiary alicyclic amines) is 1. The van der Waals surface area contributed by atoms with Crippen molar-refractivity contribution in [3.63, 3.8) is 0 Å². The topological polar surface area (TPSA) is 29.5 Å². The van der Waals surface area contributed by atoms with Gasteiger partial charge in [0.25, 0.3) is 0 Å². The van der Waals surface area contributed by atoms with Gasteiger partial charge >= 0.3 is 6.09 Å². The van der Waals surface area contributed by atoms with Crippen LogP contribution in [0.25, 0.3) is 10.8 Å². The fraction of sp³-hybridized carbons (Fsp3) is 0.312. The van der Waals surface area contributed by atoms with E-state index in [1.807, 2.05) is 30.3 Å². The Morgan fingerprint density at radius 2 is 1.67 bits per heavy atom. The summed E-state index contributed by atoms with van der Waals surface area (Å²) in [6.45, 7) is 1.57. The third-order valence-corrected chi connectivity index (χ3v) is 4.95. The van der Waals surface area contributed by atoms with Gasteiger partial charge in [-0.15, -0.1) is 0 Å². The molecule has 2 aromatic rings. The average Bonchev–Trinajstić information content (AvgIpc) is 2.52. The number of hydrogen-bond acceptors (Lipinski definition) is 2. The predicted octanol–water partition coefficient (Wildman–Crippen LogP) is 5.35. The van der Waals surface area contributed by atoms with Crippen LogP contribution in [-0.4, -0.2) is 24.1 Å². The molecule has 5 heteroatoms. The maximum atomic E-state index is 12.3. The van der Waals surface area contributed by atoms with Gasteiger partial charge in [-0.25, -0.2) is 4.79 Å². The van der Waals surface area contributed by atoms with E-state index in [1.165, 1.54) is 6.42 Å². The first kappa shape index (κ1) is 14.9. The molecule has 1 heterocycles. The number of nitrogens with zero attached hydrogens (tertiary/aromatic N) is 1. The molecule has 1 saturated heterocycles. The summed E-state index contributed by atoms with van der Waals surface area (Å²) in [6.07, 6.45) is 3.03. The number of rotatable bonds is 1. The van der Waals surface area contributed by atoms with Crippen LogP contribution in [0.15, 0.2) is 39.3 Å². The monoisotopic (exact) mass is 411 g/mol. The molecule has 110 valence electrons. The highest BCUT2D eigenvalue weighted by Crippen LogP contribution is 2.38. The van der Waals surface area contributed by atoms with E-state index in [2.05, 4.69) is 31.9 Å². The van der Waals surface area contributed by atoms with E-state index in [1.54, 1.807) is 4.90 Å². The molecule has 0 aromatic heterocycles. The van der Waals surface area contributed by atoms with Crippen LogP contribution in [0.2, 0.25) is 0 Å². The zero-order valence-electron chi connectivity index (χ0n) is 11.4. The molecule has 0 atom stereocenters. The van der Waals surface area contributed by atoms with Crippen LogP contribution in [-0.2, 0) is 0 Å². The lowest BCUT2D eigenvalue weighted by molar-refractivity contribution is 0.143. The molecule has 0 spiro atoms. The van der Waals surface area contributed by atoms with Crippen LogP contribution in [0.3, 0.4) is 0 Å². The van der Waals surface area contributed by atoms with Gasteiger partial charge in [0, 0.05) is 22.9 Å². The van der Waals surface area contributed by atoms with Crippen molar-refractivity contribution < 1.29 is 9.53 Å². The molecular formula is C16H15Br2NO2. The van der Waals surface area contributed by atoms with Crippen molar-refractivity contribution in [1.82, 2.24) is 4.90 Å². The largest absolute Gasteiger partial charge is 0.415 e.